The Labute approximate surface area is 95.8 Å². The predicted molar refractivity (Wildman–Crippen MR) is 59.8 cm³/mol. The zero-order valence-electron chi connectivity index (χ0n) is 9.66. The molecule has 1 aliphatic carbocycles. The van der Waals surface area contributed by atoms with Gasteiger partial charge in [0.2, 0.25) is 0 Å². The van der Waals surface area contributed by atoms with Gasteiger partial charge in [-0.05, 0) is 31.8 Å². The Balaban J connectivity index is 2.12. The normalized spacial score (nSPS) is 34.5. The Morgan fingerprint density at radius 1 is 1.50 bits per heavy atom. The average Bonchev–Trinajstić information content (AvgIpc) is 2.58. The number of aliphatic hydroxyl groups is 1. The molecule has 0 bridgehead atoms. The number of cyclic esters (lactones) is 1. The van der Waals surface area contributed by atoms with E-state index in [0.717, 1.165) is 31.3 Å². The van der Waals surface area contributed by atoms with Crippen molar-refractivity contribution in [2.24, 2.45) is 0 Å². The molecule has 1 heterocycles. The van der Waals surface area contributed by atoms with Gasteiger partial charge in [-0.1, -0.05) is 6.42 Å². The summed E-state index contributed by atoms with van der Waals surface area (Å²) in [6, 6.07) is 0. The quantitative estimate of drug-likeness (QED) is 0.546. The lowest BCUT2D eigenvalue weighted by molar-refractivity contribution is -0.144. The van der Waals surface area contributed by atoms with Crippen LogP contribution in [0.4, 0.5) is 0 Å². The molecule has 0 amide bonds. The molecule has 3 nitrogen and oxygen atoms in total. The summed E-state index contributed by atoms with van der Waals surface area (Å²) in [5.74, 6) is -0.144. The molecule has 0 aromatic rings. The molecule has 88 valence electrons. The van der Waals surface area contributed by atoms with Gasteiger partial charge in [0.1, 0.15) is 5.60 Å². The molecule has 3 heteroatoms. The van der Waals surface area contributed by atoms with Crippen LogP contribution in [-0.2, 0) is 9.53 Å². The van der Waals surface area contributed by atoms with Crippen LogP contribution in [0, 0.1) is 0 Å². The minimum absolute atomic E-state index is 0.144. The smallest absolute Gasteiger partial charge is 0.306 e. The third-order valence-electron chi connectivity index (χ3n) is 3.31. The predicted octanol–water partition coefficient (Wildman–Crippen LogP) is 2.10. The van der Waals surface area contributed by atoms with Crippen molar-refractivity contribution in [3.05, 3.63) is 17.4 Å². The van der Waals surface area contributed by atoms with Crippen LogP contribution in [0.15, 0.2) is 17.4 Å². The van der Waals surface area contributed by atoms with E-state index in [1.54, 1.807) is 0 Å². The summed E-state index contributed by atoms with van der Waals surface area (Å²) < 4.78 is 5.22. The largest absolute Gasteiger partial charge is 0.454 e. The first-order valence-corrected chi connectivity index (χ1v) is 5.96. The summed E-state index contributed by atoms with van der Waals surface area (Å²) in [4.78, 5) is 11.0. The van der Waals surface area contributed by atoms with Gasteiger partial charge in [0.25, 0.3) is 0 Å². The highest BCUT2D eigenvalue weighted by atomic mass is 16.6. The van der Waals surface area contributed by atoms with E-state index in [1.165, 1.54) is 0 Å². The number of carbonyl (C=O) groups is 1. The van der Waals surface area contributed by atoms with Crippen LogP contribution in [0.2, 0.25) is 0 Å². The third kappa shape index (κ3) is 2.55. The van der Waals surface area contributed by atoms with Crippen molar-refractivity contribution >= 4 is 5.97 Å². The molecule has 2 unspecified atom stereocenters. The second-order valence-electron chi connectivity index (χ2n) is 4.86. The molecule has 2 fully saturated rings. The summed E-state index contributed by atoms with van der Waals surface area (Å²) in [6.45, 7) is 1.89. The highest BCUT2D eigenvalue weighted by Gasteiger charge is 2.33. The monoisotopic (exact) mass is 222 g/mol. The standard InChI is InChI=1S/C13H18O3/c1-13(9-7-12(15)16-13)8-6-10-4-2-3-5-11(10)14/h8,11,14H,2-5,7,9H2,1H3. The van der Waals surface area contributed by atoms with Crippen LogP contribution in [0.5, 0.6) is 0 Å². The van der Waals surface area contributed by atoms with Gasteiger partial charge in [0.15, 0.2) is 0 Å². The molecular formula is C13H18O3. The molecule has 0 radical (unpaired) electrons. The molecule has 2 aliphatic rings. The van der Waals surface area contributed by atoms with Gasteiger partial charge in [0, 0.05) is 18.9 Å². The van der Waals surface area contributed by atoms with Crippen molar-refractivity contribution in [1.82, 2.24) is 0 Å². The van der Waals surface area contributed by atoms with Crippen LogP contribution in [0.3, 0.4) is 0 Å². The molecule has 2 atom stereocenters. The van der Waals surface area contributed by atoms with Gasteiger partial charge in [-0.3, -0.25) is 4.79 Å². The van der Waals surface area contributed by atoms with Gasteiger partial charge in [-0.25, -0.2) is 0 Å². The number of ether oxygens (including phenoxy) is 1. The third-order valence-corrected chi connectivity index (χ3v) is 3.31. The van der Waals surface area contributed by atoms with E-state index in [2.05, 4.69) is 5.73 Å². The second kappa shape index (κ2) is 4.44. The maximum atomic E-state index is 11.0. The lowest BCUT2D eigenvalue weighted by Gasteiger charge is -2.20. The van der Waals surface area contributed by atoms with Gasteiger partial charge < -0.3 is 9.84 Å². The molecule has 1 N–H and O–H groups in total. The molecule has 16 heavy (non-hydrogen) atoms. The van der Waals surface area contributed by atoms with Gasteiger partial charge in [-0.2, -0.15) is 0 Å². The highest BCUT2D eigenvalue weighted by molar-refractivity contribution is 5.72. The highest BCUT2D eigenvalue weighted by Crippen LogP contribution is 2.28. The fraction of sp³-hybridized carbons (Fsp3) is 0.692. The molecular weight excluding hydrogens is 204 g/mol. The van der Waals surface area contributed by atoms with Crippen LogP contribution < -0.4 is 0 Å². The number of rotatable bonds is 1. The Bertz CT molecular complexity index is 352. The van der Waals surface area contributed by atoms with Crippen molar-refractivity contribution in [2.45, 2.75) is 57.2 Å². The Morgan fingerprint density at radius 2 is 2.31 bits per heavy atom. The summed E-state index contributed by atoms with van der Waals surface area (Å²) >= 11 is 0. The van der Waals surface area contributed by atoms with E-state index >= 15 is 0 Å². The number of hydrogen-bond donors (Lipinski definition) is 1. The first-order chi connectivity index (χ1) is 7.59. The number of esters is 1. The van der Waals surface area contributed by atoms with Gasteiger partial charge in [-0.15, -0.1) is 5.73 Å². The number of carbonyl (C=O) groups excluding carboxylic acids is 1. The maximum Gasteiger partial charge on any atom is 0.306 e. The van der Waals surface area contributed by atoms with Gasteiger partial charge in [0.05, 0.1) is 6.10 Å². The summed E-state index contributed by atoms with van der Waals surface area (Å²) in [7, 11) is 0. The minimum atomic E-state index is -0.513. The van der Waals surface area contributed by atoms with Crippen molar-refractivity contribution in [3.8, 4) is 0 Å². The van der Waals surface area contributed by atoms with E-state index in [4.69, 9.17) is 4.74 Å². The van der Waals surface area contributed by atoms with Crippen LogP contribution in [0.25, 0.3) is 0 Å². The van der Waals surface area contributed by atoms with E-state index in [9.17, 15) is 9.90 Å². The van der Waals surface area contributed by atoms with E-state index in [1.807, 2.05) is 13.0 Å². The first-order valence-electron chi connectivity index (χ1n) is 5.96. The number of aliphatic hydroxyl groups excluding tert-OH is 1. The van der Waals surface area contributed by atoms with Crippen LogP contribution >= 0.6 is 0 Å². The second-order valence-corrected chi connectivity index (χ2v) is 4.86. The lowest BCUT2D eigenvalue weighted by atomic mass is 9.92. The fourth-order valence-corrected chi connectivity index (χ4v) is 2.22. The van der Waals surface area contributed by atoms with E-state index in [0.29, 0.717) is 12.8 Å². The fourth-order valence-electron chi connectivity index (χ4n) is 2.22. The van der Waals surface area contributed by atoms with E-state index in [-0.39, 0.29) is 12.1 Å². The number of hydrogen-bond acceptors (Lipinski definition) is 3. The average molecular weight is 222 g/mol. The SMILES string of the molecule is CC1(C=C=C2CCCCC2O)CCC(=O)O1. The zero-order valence-corrected chi connectivity index (χ0v) is 9.66. The summed E-state index contributed by atoms with van der Waals surface area (Å²) in [5.41, 5.74) is 3.58. The topological polar surface area (TPSA) is 46.5 Å². The molecule has 0 aromatic heterocycles. The molecule has 1 aliphatic heterocycles. The molecule has 0 aromatic carbocycles. The Hall–Kier alpha value is -1.05. The summed E-state index contributed by atoms with van der Waals surface area (Å²) in [5, 5.41) is 9.75. The van der Waals surface area contributed by atoms with Crippen molar-refractivity contribution in [1.29, 1.82) is 0 Å². The van der Waals surface area contributed by atoms with Gasteiger partial charge >= 0.3 is 5.97 Å². The van der Waals surface area contributed by atoms with Crippen LogP contribution in [-0.4, -0.2) is 22.8 Å². The molecule has 1 saturated carbocycles. The Kier molecular flexibility index (Phi) is 3.17. The first kappa shape index (κ1) is 11.4. The molecule has 0 spiro atoms. The van der Waals surface area contributed by atoms with E-state index < -0.39 is 5.60 Å². The van der Waals surface area contributed by atoms with Crippen molar-refractivity contribution < 1.29 is 14.6 Å². The van der Waals surface area contributed by atoms with Crippen molar-refractivity contribution in [3.63, 3.8) is 0 Å². The molecule has 1 saturated heterocycles. The zero-order chi connectivity index (χ0) is 11.6. The summed E-state index contributed by atoms with van der Waals surface area (Å²) in [6.07, 6.45) is 6.57. The molecule has 2 rings (SSSR count). The minimum Gasteiger partial charge on any atom is -0.454 e. The van der Waals surface area contributed by atoms with Crippen molar-refractivity contribution in [2.75, 3.05) is 0 Å². The Morgan fingerprint density at radius 3 is 2.94 bits per heavy atom. The van der Waals surface area contributed by atoms with Crippen LogP contribution in [0.1, 0.15) is 45.4 Å². The maximum absolute atomic E-state index is 11.0. The lowest BCUT2D eigenvalue weighted by Crippen LogP contribution is -2.20.